The van der Waals surface area contributed by atoms with Gasteiger partial charge in [-0.2, -0.15) is 0 Å². The lowest BCUT2D eigenvalue weighted by Gasteiger charge is -2.19. The predicted octanol–water partition coefficient (Wildman–Crippen LogP) is 2.75. The number of aliphatic hydroxyl groups is 1. The third-order valence-electron chi connectivity index (χ3n) is 3.49. The van der Waals surface area contributed by atoms with Crippen LogP contribution in [0, 0.1) is 0 Å². The number of hydrogen-bond donors (Lipinski definition) is 2. The molecule has 2 aromatic carbocycles. The van der Waals surface area contributed by atoms with Gasteiger partial charge in [0.05, 0.1) is 6.61 Å². The minimum Gasteiger partial charge on any atom is -0.395 e. The van der Waals surface area contributed by atoms with E-state index >= 15 is 0 Å². The minimum absolute atomic E-state index is 0.113. The molecule has 0 aliphatic carbocycles. The van der Waals surface area contributed by atoms with E-state index in [1.54, 1.807) is 0 Å². The average Bonchev–Trinajstić information content (AvgIpc) is 2.55. The van der Waals surface area contributed by atoms with E-state index in [9.17, 15) is 4.79 Å². The number of nitrogens with zero attached hydrogens (tertiary/aromatic N) is 1. The van der Waals surface area contributed by atoms with Gasteiger partial charge < -0.3 is 10.4 Å². The Balaban J connectivity index is 2.05. The maximum atomic E-state index is 12.3. The van der Waals surface area contributed by atoms with Crippen molar-refractivity contribution in [3.8, 4) is 0 Å². The van der Waals surface area contributed by atoms with Crippen LogP contribution in [0.4, 0.5) is 5.69 Å². The molecule has 0 aromatic heterocycles. The van der Waals surface area contributed by atoms with Crippen molar-refractivity contribution < 1.29 is 9.90 Å². The Hall–Kier alpha value is -2.17. The summed E-state index contributed by atoms with van der Waals surface area (Å²) in [6, 6.07) is 17.0. The van der Waals surface area contributed by atoms with Gasteiger partial charge in [0.15, 0.2) is 0 Å². The van der Waals surface area contributed by atoms with Crippen molar-refractivity contribution >= 4 is 11.6 Å². The van der Waals surface area contributed by atoms with Crippen molar-refractivity contribution in [3.05, 3.63) is 65.7 Å². The summed E-state index contributed by atoms with van der Waals surface area (Å²) in [4.78, 5) is 14.4. The summed E-state index contributed by atoms with van der Waals surface area (Å²) < 4.78 is 0. The number of likely N-dealkylation sites (N-methyl/N-ethyl adjacent to an activating group) is 1. The first kappa shape index (κ1) is 16.2. The number of carbonyl (C=O) groups is 1. The highest BCUT2D eigenvalue weighted by Gasteiger charge is 2.08. The van der Waals surface area contributed by atoms with Gasteiger partial charge in [-0.1, -0.05) is 37.3 Å². The number of amides is 1. The molecule has 0 aliphatic heterocycles. The number of carbonyl (C=O) groups excluding carboxylic acids is 1. The van der Waals surface area contributed by atoms with Crippen LogP contribution in [0.15, 0.2) is 54.6 Å². The first-order valence-electron chi connectivity index (χ1n) is 7.51. The maximum Gasteiger partial charge on any atom is 0.255 e. The van der Waals surface area contributed by atoms with Crippen molar-refractivity contribution in [1.82, 2.24) is 4.90 Å². The highest BCUT2D eigenvalue weighted by molar-refractivity contribution is 6.04. The second-order valence-corrected chi connectivity index (χ2v) is 5.11. The number of rotatable bonds is 7. The second-order valence-electron chi connectivity index (χ2n) is 5.11. The van der Waals surface area contributed by atoms with Gasteiger partial charge in [-0.25, -0.2) is 0 Å². The SMILES string of the molecule is CCN(CCO)Cc1cccc(C(=O)Nc2ccccc2)c1. The number of benzene rings is 2. The summed E-state index contributed by atoms with van der Waals surface area (Å²) >= 11 is 0. The highest BCUT2D eigenvalue weighted by Crippen LogP contribution is 2.12. The van der Waals surface area contributed by atoms with Crippen molar-refractivity contribution in [2.24, 2.45) is 0 Å². The Labute approximate surface area is 131 Å². The molecule has 0 atom stereocenters. The van der Waals surface area contributed by atoms with Gasteiger partial charge in [0, 0.05) is 24.3 Å². The number of para-hydroxylation sites is 1. The zero-order valence-electron chi connectivity index (χ0n) is 12.8. The molecule has 0 saturated heterocycles. The fourth-order valence-electron chi connectivity index (χ4n) is 2.28. The smallest absolute Gasteiger partial charge is 0.255 e. The van der Waals surface area contributed by atoms with Gasteiger partial charge >= 0.3 is 0 Å². The molecular weight excluding hydrogens is 276 g/mol. The molecule has 0 heterocycles. The van der Waals surface area contributed by atoms with Gasteiger partial charge in [-0.05, 0) is 36.4 Å². The molecule has 2 N–H and O–H groups in total. The van der Waals surface area contributed by atoms with Crippen molar-refractivity contribution in [1.29, 1.82) is 0 Å². The van der Waals surface area contributed by atoms with Crippen LogP contribution in [0.25, 0.3) is 0 Å². The quantitative estimate of drug-likeness (QED) is 0.826. The zero-order chi connectivity index (χ0) is 15.8. The highest BCUT2D eigenvalue weighted by atomic mass is 16.3. The first-order valence-corrected chi connectivity index (χ1v) is 7.51. The number of hydrogen-bond acceptors (Lipinski definition) is 3. The third kappa shape index (κ3) is 4.69. The molecule has 0 radical (unpaired) electrons. The molecular formula is C18H22N2O2. The van der Waals surface area contributed by atoms with Crippen molar-refractivity contribution in [2.45, 2.75) is 13.5 Å². The minimum atomic E-state index is -0.113. The van der Waals surface area contributed by atoms with E-state index in [1.165, 1.54) is 0 Å². The lowest BCUT2D eigenvalue weighted by molar-refractivity contribution is 0.102. The lowest BCUT2D eigenvalue weighted by atomic mass is 10.1. The summed E-state index contributed by atoms with van der Waals surface area (Å²) in [6.45, 7) is 4.42. The van der Waals surface area contributed by atoms with E-state index in [-0.39, 0.29) is 12.5 Å². The average molecular weight is 298 g/mol. The van der Waals surface area contributed by atoms with Gasteiger partial charge in [-0.3, -0.25) is 9.69 Å². The molecule has 0 aliphatic rings. The predicted molar refractivity (Wildman–Crippen MR) is 88.9 cm³/mol. The molecule has 2 aromatic rings. The van der Waals surface area contributed by atoms with Gasteiger partial charge in [-0.15, -0.1) is 0 Å². The molecule has 0 unspecified atom stereocenters. The van der Waals surface area contributed by atoms with E-state index in [2.05, 4.69) is 17.1 Å². The standard InChI is InChI=1S/C18H22N2O2/c1-2-20(11-12-21)14-15-7-6-8-16(13-15)18(22)19-17-9-4-3-5-10-17/h3-10,13,21H,2,11-12,14H2,1H3,(H,19,22). The van der Waals surface area contributed by atoms with E-state index in [0.29, 0.717) is 12.1 Å². The molecule has 22 heavy (non-hydrogen) atoms. The summed E-state index contributed by atoms with van der Waals surface area (Å²) in [5.74, 6) is -0.113. The van der Waals surface area contributed by atoms with Crippen molar-refractivity contribution in [3.63, 3.8) is 0 Å². The molecule has 116 valence electrons. The summed E-state index contributed by atoms with van der Waals surface area (Å²) in [6.07, 6.45) is 0. The maximum absolute atomic E-state index is 12.3. The van der Waals surface area contributed by atoms with E-state index in [0.717, 1.165) is 24.3 Å². The molecule has 0 spiro atoms. The van der Waals surface area contributed by atoms with Crippen LogP contribution in [0.5, 0.6) is 0 Å². The van der Waals surface area contributed by atoms with Crippen LogP contribution in [0.2, 0.25) is 0 Å². The molecule has 0 saturated carbocycles. The van der Waals surface area contributed by atoms with Crippen LogP contribution in [-0.4, -0.2) is 35.6 Å². The molecule has 0 bridgehead atoms. The topological polar surface area (TPSA) is 52.6 Å². The van der Waals surface area contributed by atoms with Gasteiger partial charge in [0.2, 0.25) is 0 Å². The fourth-order valence-corrected chi connectivity index (χ4v) is 2.28. The van der Waals surface area contributed by atoms with Gasteiger partial charge in [0.1, 0.15) is 0 Å². The Bertz CT molecular complexity index is 599. The summed E-state index contributed by atoms with van der Waals surface area (Å²) in [5.41, 5.74) is 2.49. The molecule has 4 heteroatoms. The number of nitrogens with one attached hydrogen (secondary N) is 1. The normalized spacial score (nSPS) is 10.7. The second kappa shape index (κ2) is 8.32. The largest absolute Gasteiger partial charge is 0.395 e. The van der Waals surface area contributed by atoms with Crippen LogP contribution < -0.4 is 5.32 Å². The Morgan fingerprint density at radius 3 is 2.59 bits per heavy atom. The van der Waals surface area contributed by atoms with Gasteiger partial charge in [0.25, 0.3) is 5.91 Å². The summed E-state index contributed by atoms with van der Waals surface area (Å²) in [7, 11) is 0. The van der Waals surface area contributed by atoms with E-state index in [1.807, 2.05) is 54.6 Å². The van der Waals surface area contributed by atoms with Crippen LogP contribution >= 0.6 is 0 Å². The van der Waals surface area contributed by atoms with E-state index in [4.69, 9.17) is 5.11 Å². The molecule has 0 fully saturated rings. The number of anilines is 1. The Kier molecular flexibility index (Phi) is 6.13. The Morgan fingerprint density at radius 1 is 1.14 bits per heavy atom. The monoisotopic (exact) mass is 298 g/mol. The number of aliphatic hydroxyl groups excluding tert-OH is 1. The fraction of sp³-hybridized carbons (Fsp3) is 0.278. The van der Waals surface area contributed by atoms with E-state index < -0.39 is 0 Å². The van der Waals surface area contributed by atoms with Crippen LogP contribution in [0.3, 0.4) is 0 Å². The first-order chi connectivity index (χ1) is 10.7. The Morgan fingerprint density at radius 2 is 1.91 bits per heavy atom. The molecule has 4 nitrogen and oxygen atoms in total. The molecule has 2 rings (SSSR count). The van der Waals surface area contributed by atoms with Crippen LogP contribution in [0.1, 0.15) is 22.8 Å². The van der Waals surface area contributed by atoms with Crippen molar-refractivity contribution in [2.75, 3.05) is 25.0 Å². The zero-order valence-corrected chi connectivity index (χ0v) is 12.8. The van der Waals surface area contributed by atoms with Crippen LogP contribution in [-0.2, 0) is 6.54 Å². The third-order valence-corrected chi connectivity index (χ3v) is 3.49. The molecule has 1 amide bonds. The lowest BCUT2D eigenvalue weighted by Crippen LogP contribution is -2.26. The summed E-state index contributed by atoms with van der Waals surface area (Å²) in [5, 5.41) is 11.9.